The van der Waals surface area contributed by atoms with Crippen molar-refractivity contribution < 1.29 is 18.3 Å². The summed E-state index contributed by atoms with van der Waals surface area (Å²) >= 11 is 0. The monoisotopic (exact) mass is 416 g/mol. The molecule has 6 heteroatoms. The van der Waals surface area contributed by atoms with Gasteiger partial charge < -0.3 is 15.0 Å². The predicted molar refractivity (Wildman–Crippen MR) is 116 cm³/mol. The Morgan fingerprint density at radius 1 is 1.17 bits per heavy atom. The molecule has 1 aliphatic heterocycles. The van der Waals surface area contributed by atoms with Crippen LogP contribution in [0.25, 0.3) is 0 Å². The van der Waals surface area contributed by atoms with E-state index in [9.17, 15) is 13.6 Å². The maximum Gasteiger partial charge on any atom is 0.224 e. The van der Waals surface area contributed by atoms with Crippen LogP contribution in [0.5, 0.6) is 0 Å². The summed E-state index contributed by atoms with van der Waals surface area (Å²) in [5, 5.41) is 2.72. The molecule has 1 fully saturated rings. The summed E-state index contributed by atoms with van der Waals surface area (Å²) in [4.78, 5) is 14.3. The van der Waals surface area contributed by atoms with Crippen LogP contribution in [0.4, 0.5) is 20.2 Å². The highest BCUT2D eigenvalue weighted by Crippen LogP contribution is 2.31. The van der Waals surface area contributed by atoms with Crippen LogP contribution in [0, 0.1) is 24.0 Å². The first-order valence-corrected chi connectivity index (χ1v) is 10.3. The molecule has 1 atom stereocenters. The SMILES string of the molecule is Cc1cc(N2CCOC(c3ccc(F)cc3)CC2)cc(F)c1NC(=O)CC(C)(C)C. The fraction of sp³-hybridized carbons (Fsp3) is 0.458. The molecule has 30 heavy (non-hydrogen) atoms. The van der Waals surface area contributed by atoms with Crippen molar-refractivity contribution in [1.29, 1.82) is 0 Å². The van der Waals surface area contributed by atoms with Crippen LogP contribution in [-0.4, -0.2) is 25.6 Å². The molecule has 1 heterocycles. The molecule has 0 bridgehead atoms. The quantitative estimate of drug-likeness (QED) is 0.704. The topological polar surface area (TPSA) is 41.6 Å². The van der Waals surface area contributed by atoms with Gasteiger partial charge in [0.05, 0.1) is 18.4 Å². The van der Waals surface area contributed by atoms with Crippen molar-refractivity contribution >= 4 is 17.3 Å². The third-order valence-corrected chi connectivity index (χ3v) is 5.18. The van der Waals surface area contributed by atoms with Gasteiger partial charge in [-0.05, 0) is 54.2 Å². The number of amides is 1. The Hall–Kier alpha value is -2.47. The first-order chi connectivity index (χ1) is 14.1. The molecule has 2 aromatic carbocycles. The minimum absolute atomic E-state index is 0.113. The number of hydrogen-bond donors (Lipinski definition) is 1. The van der Waals surface area contributed by atoms with E-state index in [2.05, 4.69) is 10.2 Å². The molecule has 1 saturated heterocycles. The standard InChI is InChI=1S/C24H30F2N2O2/c1-16-13-19(14-20(26)23(16)27-22(29)15-24(2,3)4)28-10-9-21(30-12-11-28)17-5-7-18(25)8-6-17/h5-8,13-14,21H,9-12,15H2,1-4H3,(H,27,29). The molecular formula is C24H30F2N2O2. The van der Waals surface area contributed by atoms with Crippen LogP contribution in [-0.2, 0) is 9.53 Å². The molecule has 0 spiro atoms. The van der Waals surface area contributed by atoms with Crippen molar-refractivity contribution in [3.05, 3.63) is 59.2 Å². The lowest BCUT2D eigenvalue weighted by Gasteiger charge is -2.24. The third kappa shape index (κ3) is 5.79. The molecule has 0 aromatic heterocycles. The van der Waals surface area contributed by atoms with E-state index >= 15 is 0 Å². The first kappa shape index (κ1) is 22.2. The van der Waals surface area contributed by atoms with Crippen molar-refractivity contribution in [3.63, 3.8) is 0 Å². The molecule has 1 unspecified atom stereocenters. The molecule has 3 rings (SSSR count). The smallest absolute Gasteiger partial charge is 0.224 e. The Morgan fingerprint density at radius 2 is 1.87 bits per heavy atom. The van der Waals surface area contributed by atoms with Crippen molar-refractivity contribution in [1.82, 2.24) is 0 Å². The second-order valence-electron chi connectivity index (χ2n) is 9.09. The van der Waals surface area contributed by atoms with E-state index in [0.717, 1.165) is 17.7 Å². The molecule has 0 aliphatic carbocycles. The molecule has 0 radical (unpaired) electrons. The maximum atomic E-state index is 14.8. The Balaban J connectivity index is 1.70. The summed E-state index contributed by atoms with van der Waals surface area (Å²) in [6.45, 7) is 9.53. The Kier molecular flexibility index (Phi) is 6.76. The Bertz CT molecular complexity index is 868. The van der Waals surface area contributed by atoms with Crippen LogP contribution < -0.4 is 10.2 Å². The number of benzene rings is 2. The third-order valence-electron chi connectivity index (χ3n) is 5.18. The number of halogens is 2. The Morgan fingerprint density at radius 3 is 2.50 bits per heavy atom. The first-order valence-electron chi connectivity index (χ1n) is 10.3. The summed E-state index contributed by atoms with van der Waals surface area (Å²) in [5.41, 5.74) is 2.47. The molecule has 1 N–H and O–H groups in total. The number of anilines is 2. The summed E-state index contributed by atoms with van der Waals surface area (Å²) in [5.74, 6) is -0.898. The number of carbonyl (C=O) groups excluding carboxylic acids is 1. The highest BCUT2D eigenvalue weighted by molar-refractivity contribution is 5.92. The zero-order valence-corrected chi connectivity index (χ0v) is 18.1. The number of nitrogens with one attached hydrogen (secondary N) is 1. The van der Waals surface area contributed by atoms with Crippen molar-refractivity contribution in [3.8, 4) is 0 Å². The summed E-state index contributed by atoms with van der Waals surface area (Å²) in [7, 11) is 0. The van der Waals surface area contributed by atoms with E-state index in [1.807, 2.05) is 26.8 Å². The van der Waals surface area contributed by atoms with E-state index in [1.165, 1.54) is 18.2 Å². The van der Waals surface area contributed by atoms with E-state index in [4.69, 9.17) is 4.74 Å². The van der Waals surface area contributed by atoms with Crippen LogP contribution >= 0.6 is 0 Å². The predicted octanol–water partition coefficient (Wildman–Crippen LogP) is 5.62. The lowest BCUT2D eigenvalue weighted by Crippen LogP contribution is -2.26. The average molecular weight is 417 g/mol. The van der Waals surface area contributed by atoms with Crippen LogP contribution in [0.1, 0.15) is 50.8 Å². The van der Waals surface area contributed by atoms with Gasteiger partial charge in [0.1, 0.15) is 11.6 Å². The summed E-state index contributed by atoms with van der Waals surface area (Å²) in [6, 6.07) is 9.73. The lowest BCUT2D eigenvalue weighted by molar-refractivity contribution is -0.117. The summed E-state index contributed by atoms with van der Waals surface area (Å²) < 4.78 is 34.0. The van der Waals surface area contributed by atoms with Crippen LogP contribution in [0.2, 0.25) is 0 Å². The number of rotatable bonds is 4. The van der Waals surface area contributed by atoms with Gasteiger partial charge in [-0.3, -0.25) is 4.79 Å². The highest BCUT2D eigenvalue weighted by atomic mass is 19.1. The van der Waals surface area contributed by atoms with Crippen molar-refractivity contribution in [2.24, 2.45) is 5.41 Å². The van der Waals surface area contributed by atoms with E-state index in [0.29, 0.717) is 31.7 Å². The zero-order valence-electron chi connectivity index (χ0n) is 18.1. The highest BCUT2D eigenvalue weighted by Gasteiger charge is 2.22. The van der Waals surface area contributed by atoms with E-state index in [1.54, 1.807) is 19.1 Å². The molecule has 2 aromatic rings. The van der Waals surface area contributed by atoms with Gasteiger partial charge in [0.15, 0.2) is 0 Å². The van der Waals surface area contributed by atoms with E-state index < -0.39 is 5.82 Å². The van der Waals surface area contributed by atoms with Gasteiger partial charge in [0.25, 0.3) is 0 Å². The molecular weight excluding hydrogens is 386 g/mol. The van der Waals surface area contributed by atoms with Gasteiger partial charge in [0, 0.05) is 25.2 Å². The van der Waals surface area contributed by atoms with Gasteiger partial charge in [-0.1, -0.05) is 32.9 Å². The molecule has 1 amide bonds. The number of carbonyl (C=O) groups is 1. The normalized spacial score (nSPS) is 17.5. The van der Waals surface area contributed by atoms with Gasteiger partial charge in [-0.2, -0.15) is 0 Å². The number of ether oxygens (including phenoxy) is 1. The zero-order chi connectivity index (χ0) is 21.9. The second-order valence-corrected chi connectivity index (χ2v) is 9.09. The number of hydrogen-bond acceptors (Lipinski definition) is 3. The molecule has 1 aliphatic rings. The largest absolute Gasteiger partial charge is 0.372 e. The molecule has 0 saturated carbocycles. The molecule has 162 valence electrons. The fourth-order valence-electron chi connectivity index (χ4n) is 3.70. The van der Waals surface area contributed by atoms with Gasteiger partial charge >= 0.3 is 0 Å². The Labute approximate surface area is 177 Å². The van der Waals surface area contributed by atoms with E-state index in [-0.39, 0.29) is 28.9 Å². The second kappa shape index (κ2) is 9.13. The lowest BCUT2D eigenvalue weighted by atomic mass is 9.92. The fourth-order valence-corrected chi connectivity index (χ4v) is 3.70. The summed E-state index contributed by atoms with van der Waals surface area (Å²) in [6.07, 6.45) is 0.926. The van der Waals surface area contributed by atoms with Gasteiger partial charge in [-0.25, -0.2) is 8.78 Å². The number of nitrogens with zero attached hydrogens (tertiary/aromatic N) is 1. The molecule has 4 nitrogen and oxygen atoms in total. The van der Waals surface area contributed by atoms with Gasteiger partial charge in [-0.15, -0.1) is 0 Å². The van der Waals surface area contributed by atoms with Crippen LogP contribution in [0.15, 0.2) is 36.4 Å². The van der Waals surface area contributed by atoms with Crippen molar-refractivity contribution in [2.45, 2.75) is 46.6 Å². The maximum absolute atomic E-state index is 14.8. The average Bonchev–Trinajstić information content (AvgIpc) is 2.90. The van der Waals surface area contributed by atoms with Gasteiger partial charge in [0.2, 0.25) is 5.91 Å². The minimum atomic E-state index is -0.437. The van der Waals surface area contributed by atoms with Crippen LogP contribution in [0.3, 0.4) is 0 Å². The van der Waals surface area contributed by atoms with Crippen molar-refractivity contribution in [2.75, 3.05) is 29.9 Å². The number of aryl methyl sites for hydroxylation is 1. The minimum Gasteiger partial charge on any atom is -0.372 e.